The van der Waals surface area contributed by atoms with Crippen LogP contribution in [0.15, 0.2) is 27.8 Å². The highest BCUT2D eigenvalue weighted by atomic mass is 16.3. The van der Waals surface area contributed by atoms with Gasteiger partial charge < -0.3 is 19.6 Å². The second-order valence-electron chi connectivity index (χ2n) is 5.62. The largest absolute Gasteiger partial charge is 0.467 e. The summed E-state index contributed by atoms with van der Waals surface area (Å²) < 4.78 is 7.56. The first kappa shape index (κ1) is 15.6. The van der Waals surface area contributed by atoms with Crippen molar-refractivity contribution in [3.63, 3.8) is 0 Å². The Morgan fingerprint density at radius 1 is 1.30 bits per heavy atom. The zero-order chi connectivity index (χ0) is 15.9. The van der Waals surface area contributed by atoms with Gasteiger partial charge in [0.1, 0.15) is 18.1 Å². The van der Waals surface area contributed by atoms with Crippen LogP contribution in [0.5, 0.6) is 0 Å². The van der Waals surface area contributed by atoms with E-state index in [1.165, 1.54) is 19.3 Å². The monoisotopic (exact) mass is 316 g/mol. The highest BCUT2D eigenvalue weighted by molar-refractivity contribution is 5.79. The minimum atomic E-state index is 0.528. The summed E-state index contributed by atoms with van der Waals surface area (Å²) in [5.74, 6) is 3.68. The molecule has 7 heteroatoms. The lowest BCUT2D eigenvalue weighted by Crippen LogP contribution is -2.36. The van der Waals surface area contributed by atoms with E-state index < -0.39 is 0 Å². The van der Waals surface area contributed by atoms with Gasteiger partial charge >= 0.3 is 0 Å². The van der Waals surface area contributed by atoms with Crippen LogP contribution < -0.4 is 10.6 Å². The molecule has 0 atom stereocenters. The van der Waals surface area contributed by atoms with Gasteiger partial charge in [0.25, 0.3) is 0 Å². The topological polar surface area (TPSA) is 80.3 Å². The minimum Gasteiger partial charge on any atom is -0.467 e. The van der Waals surface area contributed by atoms with Crippen LogP contribution in [-0.4, -0.2) is 27.3 Å². The van der Waals surface area contributed by atoms with E-state index in [2.05, 4.69) is 30.4 Å². The normalized spacial score (nSPS) is 15.1. The molecule has 0 aromatic carbocycles. The van der Waals surface area contributed by atoms with Gasteiger partial charge in [-0.15, -0.1) is 10.2 Å². The molecule has 3 heterocycles. The van der Waals surface area contributed by atoms with Crippen LogP contribution in [0.25, 0.3) is 0 Å². The van der Waals surface area contributed by atoms with Crippen molar-refractivity contribution in [3.05, 3.63) is 35.8 Å². The molecule has 0 bridgehead atoms. The number of hydrogen-bond acceptors (Lipinski definition) is 4. The van der Waals surface area contributed by atoms with Crippen molar-refractivity contribution < 1.29 is 4.42 Å². The summed E-state index contributed by atoms with van der Waals surface area (Å²) >= 11 is 0. The lowest BCUT2D eigenvalue weighted by molar-refractivity contribution is 0.501. The average molecular weight is 316 g/mol. The maximum atomic E-state index is 5.33. The molecule has 7 nitrogen and oxygen atoms in total. The Morgan fingerprint density at radius 3 is 3.09 bits per heavy atom. The number of nitrogens with one attached hydrogen (secondary N) is 2. The molecule has 23 heavy (non-hydrogen) atoms. The second kappa shape index (κ2) is 7.80. The molecule has 124 valence electrons. The van der Waals surface area contributed by atoms with Crippen LogP contribution in [0.2, 0.25) is 0 Å². The average Bonchev–Trinajstić information content (AvgIpc) is 3.15. The molecular weight excluding hydrogens is 292 g/mol. The van der Waals surface area contributed by atoms with E-state index in [9.17, 15) is 0 Å². The quantitative estimate of drug-likeness (QED) is 0.650. The molecule has 1 aliphatic rings. The Balaban J connectivity index is 1.64. The van der Waals surface area contributed by atoms with Crippen LogP contribution >= 0.6 is 0 Å². The number of nitrogens with zero attached hydrogens (tertiary/aromatic N) is 4. The van der Waals surface area contributed by atoms with Crippen LogP contribution in [0.4, 0.5) is 0 Å². The Labute approximate surface area is 136 Å². The van der Waals surface area contributed by atoms with E-state index in [4.69, 9.17) is 4.42 Å². The lowest BCUT2D eigenvalue weighted by Gasteiger charge is -2.10. The summed E-state index contributed by atoms with van der Waals surface area (Å²) in [7, 11) is 0. The number of rotatable bonds is 5. The number of aliphatic imine (C=N–C) groups is 1. The van der Waals surface area contributed by atoms with Gasteiger partial charge in [-0.2, -0.15) is 0 Å². The maximum Gasteiger partial charge on any atom is 0.192 e. The lowest BCUT2D eigenvalue weighted by atomic mass is 10.2. The first-order valence-electron chi connectivity index (χ1n) is 8.32. The first-order chi connectivity index (χ1) is 11.4. The van der Waals surface area contributed by atoms with Gasteiger partial charge in [0.05, 0.1) is 12.8 Å². The van der Waals surface area contributed by atoms with Gasteiger partial charge in [-0.1, -0.05) is 6.42 Å². The SMILES string of the molecule is CCNC(=NCc1nnc2n1CCCCC2)NCc1ccco1. The summed E-state index contributed by atoms with van der Waals surface area (Å²) in [5.41, 5.74) is 0. The van der Waals surface area contributed by atoms with Crippen molar-refractivity contribution in [2.75, 3.05) is 6.54 Å². The number of aryl methyl sites for hydroxylation is 1. The van der Waals surface area contributed by atoms with E-state index >= 15 is 0 Å². The van der Waals surface area contributed by atoms with Crippen LogP contribution in [0, 0.1) is 0 Å². The smallest absolute Gasteiger partial charge is 0.192 e. The molecule has 2 N–H and O–H groups in total. The highest BCUT2D eigenvalue weighted by Gasteiger charge is 2.14. The van der Waals surface area contributed by atoms with Crippen molar-refractivity contribution in [2.45, 2.75) is 52.2 Å². The number of guanidine groups is 1. The van der Waals surface area contributed by atoms with E-state index in [0.29, 0.717) is 13.1 Å². The molecule has 0 amide bonds. The molecule has 0 unspecified atom stereocenters. The summed E-state index contributed by atoms with van der Waals surface area (Å²) in [6, 6.07) is 3.82. The van der Waals surface area contributed by atoms with Crippen molar-refractivity contribution in [3.8, 4) is 0 Å². The fraction of sp³-hybridized carbons (Fsp3) is 0.562. The van der Waals surface area contributed by atoms with Crippen LogP contribution in [0.1, 0.15) is 43.6 Å². The van der Waals surface area contributed by atoms with Crippen molar-refractivity contribution in [2.24, 2.45) is 4.99 Å². The fourth-order valence-corrected chi connectivity index (χ4v) is 2.74. The first-order valence-corrected chi connectivity index (χ1v) is 8.32. The zero-order valence-corrected chi connectivity index (χ0v) is 13.6. The predicted octanol–water partition coefficient (Wildman–Crippen LogP) is 1.85. The summed E-state index contributed by atoms with van der Waals surface area (Å²) in [6.07, 6.45) is 6.35. The number of furan rings is 1. The summed E-state index contributed by atoms with van der Waals surface area (Å²) in [4.78, 5) is 4.62. The number of hydrogen-bond donors (Lipinski definition) is 2. The van der Waals surface area contributed by atoms with Gasteiger partial charge in [0.15, 0.2) is 11.8 Å². The Hall–Kier alpha value is -2.31. The predicted molar refractivity (Wildman–Crippen MR) is 87.9 cm³/mol. The van der Waals surface area contributed by atoms with Gasteiger partial charge in [-0.25, -0.2) is 4.99 Å². The maximum absolute atomic E-state index is 5.33. The second-order valence-corrected chi connectivity index (χ2v) is 5.62. The van der Waals surface area contributed by atoms with Gasteiger partial charge in [-0.3, -0.25) is 0 Å². The van der Waals surface area contributed by atoms with Gasteiger partial charge in [0.2, 0.25) is 0 Å². The Morgan fingerprint density at radius 2 is 2.26 bits per heavy atom. The molecule has 2 aromatic rings. The Bertz CT molecular complexity index is 631. The third kappa shape index (κ3) is 4.12. The molecule has 2 aromatic heterocycles. The van der Waals surface area contributed by atoms with Crippen LogP contribution in [0.3, 0.4) is 0 Å². The Kier molecular flexibility index (Phi) is 5.29. The van der Waals surface area contributed by atoms with Crippen molar-refractivity contribution in [1.29, 1.82) is 0 Å². The molecule has 0 radical (unpaired) electrons. The van der Waals surface area contributed by atoms with E-state index in [0.717, 1.165) is 42.9 Å². The van der Waals surface area contributed by atoms with Crippen molar-refractivity contribution >= 4 is 5.96 Å². The molecular formula is C16H24N6O. The summed E-state index contributed by atoms with van der Waals surface area (Å²) in [5, 5.41) is 15.1. The number of aromatic nitrogens is 3. The fourth-order valence-electron chi connectivity index (χ4n) is 2.74. The van der Waals surface area contributed by atoms with E-state index in [1.54, 1.807) is 6.26 Å². The zero-order valence-electron chi connectivity index (χ0n) is 13.6. The van der Waals surface area contributed by atoms with Crippen LogP contribution in [-0.2, 0) is 26.1 Å². The molecule has 3 rings (SSSR count). The molecule has 0 aliphatic carbocycles. The highest BCUT2D eigenvalue weighted by Crippen LogP contribution is 2.14. The molecule has 0 fully saturated rings. The third-order valence-corrected chi connectivity index (χ3v) is 3.92. The summed E-state index contributed by atoms with van der Waals surface area (Å²) in [6.45, 7) is 5.00. The van der Waals surface area contributed by atoms with Gasteiger partial charge in [0, 0.05) is 19.5 Å². The minimum absolute atomic E-state index is 0.528. The molecule has 0 spiro atoms. The van der Waals surface area contributed by atoms with Crippen molar-refractivity contribution in [1.82, 2.24) is 25.4 Å². The van der Waals surface area contributed by atoms with Gasteiger partial charge in [-0.05, 0) is 31.9 Å². The molecule has 0 saturated carbocycles. The molecule has 0 saturated heterocycles. The molecule has 1 aliphatic heterocycles. The standard InChI is InChI=1S/C16H24N6O/c1-2-17-16(18-11-13-7-6-10-23-13)19-12-15-21-20-14-8-4-3-5-9-22(14)15/h6-7,10H,2-5,8-9,11-12H2,1H3,(H2,17,18,19). The van der Waals surface area contributed by atoms with E-state index in [-0.39, 0.29) is 0 Å². The third-order valence-electron chi connectivity index (χ3n) is 3.92. The number of fused-ring (bicyclic) bond motifs is 1. The van der Waals surface area contributed by atoms with E-state index in [1.807, 2.05) is 19.1 Å².